The van der Waals surface area contributed by atoms with Crippen LogP contribution < -0.4 is 5.73 Å². The molecule has 5 nitrogen and oxygen atoms in total. The predicted molar refractivity (Wildman–Crippen MR) is 81.0 cm³/mol. The molecule has 0 saturated carbocycles. The van der Waals surface area contributed by atoms with Gasteiger partial charge in [0.05, 0.1) is 0 Å². The smallest absolute Gasteiger partial charge is 0.272 e. The molecule has 2 heterocycles. The van der Waals surface area contributed by atoms with Gasteiger partial charge in [-0.2, -0.15) is 0 Å². The van der Waals surface area contributed by atoms with Crippen LogP contribution in [0.4, 0.5) is 0 Å². The van der Waals surface area contributed by atoms with E-state index in [1.165, 1.54) is 0 Å². The second kappa shape index (κ2) is 5.79. The van der Waals surface area contributed by atoms with Crippen LogP contribution in [-0.2, 0) is 0 Å². The Labute approximate surface area is 127 Å². The zero-order valence-electron chi connectivity index (χ0n) is 11.4. The molecule has 0 spiro atoms. The molecule has 2 N–H and O–H groups in total. The summed E-state index contributed by atoms with van der Waals surface area (Å²) in [5.74, 6) is 0.427. The number of nitrogens with zero attached hydrogens (tertiary/aromatic N) is 3. The van der Waals surface area contributed by atoms with Crippen molar-refractivity contribution in [3.8, 4) is 11.4 Å². The van der Waals surface area contributed by atoms with Crippen LogP contribution >= 0.6 is 11.6 Å². The van der Waals surface area contributed by atoms with Crippen LogP contribution in [-0.4, -0.2) is 39.9 Å². The summed E-state index contributed by atoms with van der Waals surface area (Å²) in [7, 11) is 0. The van der Waals surface area contributed by atoms with E-state index >= 15 is 0 Å². The molecule has 1 atom stereocenters. The highest BCUT2D eigenvalue weighted by molar-refractivity contribution is 6.30. The van der Waals surface area contributed by atoms with E-state index in [1.807, 2.05) is 12.1 Å². The van der Waals surface area contributed by atoms with Gasteiger partial charge in [0.15, 0.2) is 5.82 Å². The van der Waals surface area contributed by atoms with E-state index in [1.54, 1.807) is 29.3 Å². The number of amides is 1. The van der Waals surface area contributed by atoms with Crippen molar-refractivity contribution in [3.05, 3.63) is 47.2 Å². The Bertz CT molecular complexity index is 657. The van der Waals surface area contributed by atoms with Crippen molar-refractivity contribution in [3.63, 3.8) is 0 Å². The average molecular weight is 303 g/mol. The maximum absolute atomic E-state index is 12.4. The van der Waals surface area contributed by atoms with E-state index < -0.39 is 0 Å². The zero-order valence-corrected chi connectivity index (χ0v) is 12.1. The first-order valence-electron chi connectivity index (χ1n) is 6.79. The lowest BCUT2D eigenvalue weighted by Crippen LogP contribution is -2.54. The maximum Gasteiger partial charge on any atom is 0.272 e. The molecule has 0 bridgehead atoms. The molecule has 1 aromatic heterocycles. The fourth-order valence-corrected chi connectivity index (χ4v) is 2.44. The van der Waals surface area contributed by atoms with E-state index in [0.717, 1.165) is 18.5 Å². The first kappa shape index (κ1) is 14.0. The fourth-order valence-electron chi connectivity index (χ4n) is 2.32. The number of rotatable bonds is 3. The number of carbonyl (C=O) groups is 1. The molecule has 1 unspecified atom stereocenters. The van der Waals surface area contributed by atoms with E-state index in [-0.39, 0.29) is 11.9 Å². The second-order valence-electron chi connectivity index (χ2n) is 4.95. The molecule has 6 heteroatoms. The van der Waals surface area contributed by atoms with Crippen molar-refractivity contribution in [2.24, 2.45) is 5.73 Å². The lowest BCUT2D eigenvalue weighted by molar-refractivity contribution is 0.0475. The summed E-state index contributed by atoms with van der Waals surface area (Å²) in [6.45, 7) is 1.22. The van der Waals surface area contributed by atoms with Gasteiger partial charge >= 0.3 is 0 Å². The molecule has 1 fully saturated rings. The Hall–Kier alpha value is -1.98. The molecular formula is C15H15ClN4O. The number of benzene rings is 1. The SMILES string of the molecule is NCC1CCN1C(=O)c1ccnc(-c2ccc(Cl)cc2)n1. The Morgan fingerprint density at radius 3 is 2.71 bits per heavy atom. The Balaban J connectivity index is 1.86. The molecule has 0 radical (unpaired) electrons. The molecule has 108 valence electrons. The fraction of sp³-hybridized carbons (Fsp3) is 0.267. The van der Waals surface area contributed by atoms with Gasteiger partial charge in [-0.1, -0.05) is 11.6 Å². The second-order valence-corrected chi connectivity index (χ2v) is 5.39. The van der Waals surface area contributed by atoms with Gasteiger partial charge in [0.25, 0.3) is 5.91 Å². The quantitative estimate of drug-likeness (QED) is 0.941. The molecular weight excluding hydrogens is 288 g/mol. The van der Waals surface area contributed by atoms with Gasteiger partial charge in [-0.25, -0.2) is 9.97 Å². The number of halogens is 1. The van der Waals surface area contributed by atoms with Gasteiger partial charge in [0, 0.05) is 35.9 Å². The Morgan fingerprint density at radius 2 is 2.10 bits per heavy atom. The van der Waals surface area contributed by atoms with Gasteiger partial charge < -0.3 is 10.6 Å². The third kappa shape index (κ3) is 2.75. The van der Waals surface area contributed by atoms with Gasteiger partial charge in [-0.3, -0.25) is 4.79 Å². The summed E-state index contributed by atoms with van der Waals surface area (Å²) < 4.78 is 0. The lowest BCUT2D eigenvalue weighted by Gasteiger charge is -2.40. The molecule has 1 aromatic carbocycles. The van der Waals surface area contributed by atoms with Crippen molar-refractivity contribution < 1.29 is 4.79 Å². The van der Waals surface area contributed by atoms with Crippen LogP contribution in [0.1, 0.15) is 16.9 Å². The van der Waals surface area contributed by atoms with E-state index in [4.69, 9.17) is 17.3 Å². The van der Waals surface area contributed by atoms with Crippen molar-refractivity contribution in [1.82, 2.24) is 14.9 Å². The molecule has 1 amide bonds. The van der Waals surface area contributed by atoms with Crippen molar-refractivity contribution in [2.75, 3.05) is 13.1 Å². The minimum atomic E-state index is -0.0886. The topological polar surface area (TPSA) is 72.1 Å². The van der Waals surface area contributed by atoms with Gasteiger partial charge in [-0.05, 0) is 36.8 Å². The highest BCUT2D eigenvalue weighted by Gasteiger charge is 2.32. The van der Waals surface area contributed by atoms with Gasteiger partial charge in [0.1, 0.15) is 5.69 Å². The monoisotopic (exact) mass is 302 g/mol. The highest BCUT2D eigenvalue weighted by Crippen LogP contribution is 2.21. The first-order chi connectivity index (χ1) is 10.2. The normalized spacial score (nSPS) is 17.4. The third-order valence-corrected chi connectivity index (χ3v) is 3.91. The number of hydrogen-bond acceptors (Lipinski definition) is 4. The number of carbonyl (C=O) groups excluding carboxylic acids is 1. The first-order valence-corrected chi connectivity index (χ1v) is 7.17. The molecule has 2 aromatic rings. The maximum atomic E-state index is 12.4. The van der Waals surface area contributed by atoms with Crippen LogP contribution in [0, 0.1) is 0 Å². The minimum absolute atomic E-state index is 0.0886. The molecule has 3 rings (SSSR count). The van der Waals surface area contributed by atoms with Crippen LogP contribution in [0.3, 0.4) is 0 Å². The van der Waals surface area contributed by atoms with Crippen LogP contribution in [0.2, 0.25) is 5.02 Å². The van der Waals surface area contributed by atoms with Gasteiger partial charge in [-0.15, -0.1) is 0 Å². The number of hydrogen-bond donors (Lipinski definition) is 1. The van der Waals surface area contributed by atoms with E-state index in [9.17, 15) is 4.79 Å². The Morgan fingerprint density at radius 1 is 1.33 bits per heavy atom. The van der Waals surface area contributed by atoms with Crippen LogP contribution in [0.25, 0.3) is 11.4 Å². The largest absolute Gasteiger partial charge is 0.333 e. The third-order valence-electron chi connectivity index (χ3n) is 3.65. The Kier molecular flexibility index (Phi) is 3.86. The molecule has 1 saturated heterocycles. The standard InChI is InChI=1S/C15H15ClN4O/c16-11-3-1-10(2-4-11)14-18-7-5-13(19-14)15(21)20-8-6-12(20)9-17/h1-5,7,12H,6,8-9,17H2. The summed E-state index contributed by atoms with van der Waals surface area (Å²) >= 11 is 5.87. The summed E-state index contributed by atoms with van der Waals surface area (Å²) in [6.07, 6.45) is 2.55. The summed E-state index contributed by atoms with van der Waals surface area (Å²) in [4.78, 5) is 22.7. The summed E-state index contributed by atoms with van der Waals surface area (Å²) in [5.41, 5.74) is 6.86. The molecule has 21 heavy (non-hydrogen) atoms. The van der Waals surface area contributed by atoms with Crippen molar-refractivity contribution in [2.45, 2.75) is 12.5 Å². The number of nitrogens with two attached hydrogens (primary N) is 1. The average Bonchev–Trinajstić information content (AvgIpc) is 2.47. The summed E-state index contributed by atoms with van der Waals surface area (Å²) in [5, 5.41) is 0.650. The minimum Gasteiger partial charge on any atom is -0.333 e. The number of aromatic nitrogens is 2. The van der Waals surface area contributed by atoms with Crippen molar-refractivity contribution >= 4 is 17.5 Å². The highest BCUT2D eigenvalue weighted by atomic mass is 35.5. The van der Waals surface area contributed by atoms with Crippen LogP contribution in [0.15, 0.2) is 36.5 Å². The zero-order chi connectivity index (χ0) is 14.8. The molecule has 1 aliphatic heterocycles. The molecule has 1 aliphatic rings. The summed E-state index contributed by atoms with van der Waals surface area (Å²) in [6, 6.07) is 8.97. The van der Waals surface area contributed by atoms with Crippen LogP contribution in [0.5, 0.6) is 0 Å². The predicted octanol–water partition coefficient (Wildman–Crippen LogP) is 1.97. The lowest BCUT2D eigenvalue weighted by atomic mass is 10.0. The number of likely N-dealkylation sites (tertiary alicyclic amines) is 1. The van der Waals surface area contributed by atoms with E-state index in [0.29, 0.717) is 23.1 Å². The molecule has 0 aliphatic carbocycles. The van der Waals surface area contributed by atoms with Crippen molar-refractivity contribution in [1.29, 1.82) is 0 Å². The van der Waals surface area contributed by atoms with Gasteiger partial charge in [0.2, 0.25) is 0 Å². The van der Waals surface area contributed by atoms with E-state index in [2.05, 4.69) is 9.97 Å².